The van der Waals surface area contributed by atoms with Gasteiger partial charge >= 0.3 is 0 Å². The second-order valence-electron chi connectivity index (χ2n) is 8.05. The lowest BCUT2D eigenvalue weighted by molar-refractivity contribution is -0.126. The molecule has 0 spiro atoms. The fourth-order valence-corrected chi connectivity index (χ4v) is 3.36. The van der Waals surface area contributed by atoms with E-state index in [4.69, 9.17) is 0 Å². The second-order valence-corrected chi connectivity index (χ2v) is 8.05. The molecule has 3 heterocycles. The van der Waals surface area contributed by atoms with Crippen LogP contribution in [0.25, 0.3) is 0 Å². The molecule has 1 atom stereocenters. The Morgan fingerprint density at radius 1 is 1.21 bits per heavy atom. The predicted molar refractivity (Wildman–Crippen MR) is 95.1 cm³/mol. The van der Waals surface area contributed by atoms with Gasteiger partial charge in [-0.15, -0.1) is 5.10 Å². The first-order valence-corrected chi connectivity index (χ1v) is 8.95. The molecule has 1 aromatic rings. The molecule has 6 nitrogen and oxygen atoms in total. The fraction of sp³-hybridized carbons (Fsp3) is 0.722. The minimum Gasteiger partial charge on any atom is -0.355 e. The molecular formula is C18H29N5O. The van der Waals surface area contributed by atoms with Crippen molar-refractivity contribution in [2.45, 2.75) is 57.5 Å². The van der Waals surface area contributed by atoms with Gasteiger partial charge in [0.1, 0.15) is 0 Å². The summed E-state index contributed by atoms with van der Waals surface area (Å²) in [4.78, 5) is 16.7. The molecule has 1 aromatic heterocycles. The van der Waals surface area contributed by atoms with Crippen molar-refractivity contribution in [3.8, 4) is 0 Å². The van der Waals surface area contributed by atoms with Crippen molar-refractivity contribution in [3.05, 3.63) is 17.8 Å². The standard InChI is InChI=1S/C18H29N5O/c1-18(2,3)15-8-9-16(21-20-15)23-11-13(12-23)22(4)14-7-5-6-10-19-17(14)24/h8-9,13-14H,5-7,10-12H2,1-4H3,(H,19,24). The van der Waals surface area contributed by atoms with Crippen LogP contribution in [0.3, 0.4) is 0 Å². The van der Waals surface area contributed by atoms with Gasteiger partial charge < -0.3 is 10.2 Å². The Morgan fingerprint density at radius 3 is 2.58 bits per heavy atom. The van der Waals surface area contributed by atoms with E-state index in [0.717, 1.165) is 50.4 Å². The maximum Gasteiger partial charge on any atom is 0.237 e. The lowest BCUT2D eigenvalue weighted by atomic mass is 9.92. The Labute approximate surface area is 144 Å². The van der Waals surface area contributed by atoms with Crippen LogP contribution in [0, 0.1) is 0 Å². The van der Waals surface area contributed by atoms with Crippen LogP contribution < -0.4 is 10.2 Å². The average Bonchev–Trinajstić information content (AvgIpc) is 2.70. The van der Waals surface area contributed by atoms with Crippen LogP contribution >= 0.6 is 0 Å². The molecule has 2 saturated heterocycles. The van der Waals surface area contributed by atoms with Crippen molar-refractivity contribution in [2.75, 3.05) is 31.6 Å². The summed E-state index contributed by atoms with van der Waals surface area (Å²) in [5.74, 6) is 1.11. The van der Waals surface area contributed by atoms with E-state index in [0.29, 0.717) is 6.04 Å². The van der Waals surface area contributed by atoms with Crippen molar-refractivity contribution >= 4 is 11.7 Å². The van der Waals surface area contributed by atoms with E-state index in [-0.39, 0.29) is 17.4 Å². The average molecular weight is 331 g/mol. The van der Waals surface area contributed by atoms with Gasteiger partial charge in [-0.2, -0.15) is 5.10 Å². The van der Waals surface area contributed by atoms with E-state index in [1.807, 2.05) is 0 Å². The van der Waals surface area contributed by atoms with Gasteiger partial charge in [-0.1, -0.05) is 20.8 Å². The first kappa shape index (κ1) is 17.1. The van der Waals surface area contributed by atoms with Crippen LogP contribution in [-0.4, -0.2) is 59.8 Å². The number of likely N-dealkylation sites (N-methyl/N-ethyl adjacent to an activating group) is 1. The van der Waals surface area contributed by atoms with E-state index in [9.17, 15) is 4.79 Å². The molecule has 6 heteroatoms. The van der Waals surface area contributed by atoms with Gasteiger partial charge in [0.2, 0.25) is 5.91 Å². The first-order valence-electron chi connectivity index (χ1n) is 8.95. The van der Waals surface area contributed by atoms with E-state index in [2.05, 4.69) is 65.3 Å². The van der Waals surface area contributed by atoms with Crippen LogP contribution in [0.1, 0.15) is 45.7 Å². The van der Waals surface area contributed by atoms with Crippen molar-refractivity contribution < 1.29 is 4.79 Å². The molecule has 1 N–H and O–H groups in total. The summed E-state index contributed by atoms with van der Waals surface area (Å²) in [6.07, 6.45) is 3.16. The van der Waals surface area contributed by atoms with Crippen LogP contribution in [0.4, 0.5) is 5.82 Å². The number of hydrogen-bond donors (Lipinski definition) is 1. The number of nitrogens with zero attached hydrogens (tertiary/aromatic N) is 4. The quantitative estimate of drug-likeness (QED) is 0.911. The normalized spacial score (nSPS) is 23.0. The molecule has 2 fully saturated rings. The fourth-order valence-electron chi connectivity index (χ4n) is 3.36. The third kappa shape index (κ3) is 3.53. The highest BCUT2D eigenvalue weighted by molar-refractivity contribution is 5.82. The smallest absolute Gasteiger partial charge is 0.237 e. The summed E-state index contributed by atoms with van der Waals surface area (Å²) >= 11 is 0. The van der Waals surface area contributed by atoms with E-state index >= 15 is 0 Å². The summed E-state index contributed by atoms with van der Waals surface area (Å²) in [6, 6.07) is 4.54. The highest BCUT2D eigenvalue weighted by Crippen LogP contribution is 2.25. The Balaban J connectivity index is 1.57. The van der Waals surface area contributed by atoms with Gasteiger partial charge in [0.15, 0.2) is 5.82 Å². The Hall–Kier alpha value is -1.69. The third-order valence-electron chi connectivity index (χ3n) is 5.18. The van der Waals surface area contributed by atoms with Gasteiger partial charge in [0.25, 0.3) is 0 Å². The molecular weight excluding hydrogens is 302 g/mol. The number of aromatic nitrogens is 2. The number of carbonyl (C=O) groups is 1. The van der Waals surface area contributed by atoms with Crippen molar-refractivity contribution in [3.63, 3.8) is 0 Å². The second kappa shape index (κ2) is 6.67. The number of amides is 1. The molecule has 1 unspecified atom stereocenters. The minimum absolute atomic E-state index is 0.00833. The highest BCUT2D eigenvalue weighted by Gasteiger charge is 2.37. The number of rotatable bonds is 3. The molecule has 0 bridgehead atoms. The summed E-state index contributed by atoms with van der Waals surface area (Å²) in [7, 11) is 2.08. The van der Waals surface area contributed by atoms with Gasteiger partial charge in [-0.05, 0) is 38.4 Å². The third-order valence-corrected chi connectivity index (χ3v) is 5.18. The Bertz CT molecular complexity index is 574. The maximum absolute atomic E-state index is 12.2. The summed E-state index contributed by atoms with van der Waals surface area (Å²) in [6.45, 7) is 9.05. The van der Waals surface area contributed by atoms with Crippen LogP contribution in [0.5, 0.6) is 0 Å². The van der Waals surface area contributed by atoms with Crippen molar-refractivity contribution in [1.82, 2.24) is 20.4 Å². The minimum atomic E-state index is 0.00833. The molecule has 0 radical (unpaired) electrons. The first-order chi connectivity index (χ1) is 11.4. The van der Waals surface area contributed by atoms with Crippen molar-refractivity contribution in [1.29, 1.82) is 0 Å². The van der Waals surface area contributed by atoms with Gasteiger partial charge in [0, 0.05) is 31.1 Å². The van der Waals surface area contributed by atoms with Crippen LogP contribution in [-0.2, 0) is 10.2 Å². The molecule has 132 valence electrons. The SMILES string of the molecule is CN(C1CN(c2ccc(C(C)(C)C)nn2)C1)C1CCCCNC1=O. The highest BCUT2D eigenvalue weighted by atomic mass is 16.2. The molecule has 2 aliphatic heterocycles. The molecule has 3 rings (SSSR count). The van der Waals surface area contributed by atoms with E-state index in [1.165, 1.54) is 0 Å². The molecule has 2 aliphatic rings. The van der Waals surface area contributed by atoms with Gasteiger partial charge in [0.05, 0.1) is 11.7 Å². The molecule has 24 heavy (non-hydrogen) atoms. The van der Waals surface area contributed by atoms with Gasteiger partial charge in [-0.25, -0.2) is 0 Å². The summed E-state index contributed by atoms with van der Waals surface area (Å²) < 4.78 is 0. The summed E-state index contributed by atoms with van der Waals surface area (Å²) in [5.41, 5.74) is 1.03. The van der Waals surface area contributed by atoms with Crippen LogP contribution in [0.15, 0.2) is 12.1 Å². The number of carbonyl (C=O) groups excluding carboxylic acids is 1. The lowest BCUT2D eigenvalue weighted by Gasteiger charge is -2.46. The molecule has 0 saturated carbocycles. The Morgan fingerprint density at radius 2 is 1.96 bits per heavy atom. The van der Waals surface area contributed by atoms with Crippen LogP contribution in [0.2, 0.25) is 0 Å². The number of nitrogens with one attached hydrogen (secondary N) is 1. The maximum atomic E-state index is 12.2. The molecule has 1 amide bonds. The molecule has 0 aliphatic carbocycles. The predicted octanol–water partition coefficient (Wildman–Crippen LogP) is 1.56. The topological polar surface area (TPSA) is 61.4 Å². The largest absolute Gasteiger partial charge is 0.355 e. The van der Waals surface area contributed by atoms with Gasteiger partial charge in [-0.3, -0.25) is 9.69 Å². The summed E-state index contributed by atoms with van der Waals surface area (Å²) in [5, 5.41) is 11.8. The zero-order chi connectivity index (χ0) is 17.3. The Kier molecular flexibility index (Phi) is 4.76. The van der Waals surface area contributed by atoms with E-state index in [1.54, 1.807) is 0 Å². The number of anilines is 1. The van der Waals surface area contributed by atoms with Crippen molar-refractivity contribution in [2.24, 2.45) is 0 Å². The molecule has 0 aromatic carbocycles. The van der Waals surface area contributed by atoms with E-state index < -0.39 is 0 Å². The monoisotopic (exact) mass is 331 g/mol. The number of hydrogen-bond acceptors (Lipinski definition) is 5. The lowest BCUT2D eigenvalue weighted by Crippen LogP contribution is -2.62. The zero-order valence-electron chi connectivity index (χ0n) is 15.2. The zero-order valence-corrected chi connectivity index (χ0v) is 15.2.